The number of carbonyl (C=O) groups is 4. The van der Waals surface area contributed by atoms with Gasteiger partial charge in [0.2, 0.25) is 0 Å². The van der Waals surface area contributed by atoms with Crippen LogP contribution in [0, 0.1) is 5.92 Å². The summed E-state index contributed by atoms with van der Waals surface area (Å²) < 4.78 is 4.77. The third kappa shape index (κ3) is 3.35. The fraction of sp³-hybridized carbons (Fsp3) is 0.125. The average molecular weight is 300 g/mol. The number of allylic oxidation sites excluding steroid dienone is 3. The van der Waals surface area contributed by atoms with Gasteiger partial charge in [-0.2, -0.15) is 0 Å². The van der Waals surface area contributed by atoms with E-state index < -0.39 is 29.4 Å². The van der Waals surface area contributed by atoms with Gasteiger partial charge in [-0.15, -0.1) is 0 Å². The Morgan fingerprint density at radius 3 is 2.36 bits per heavy atom. The zero-order valence-corrected chi connectivity index (χ0v) is 11.6. The number of benzene rings is 1. The topological polar surface area (TPSA) is 97.7 Å². The third-order valence-electron chi connectivity index (χ3n) is 3.01. The van der Waals surface area contributed by atoms with Gasteiger partial charge in [0.15, 0.2) is 17.5 Å². The van der Waals surface area contributed by atoms with Crippen molar-refractivity contribution in [1.29, 1.82) is 0 Å². The number of rotatable bonds is 4. The summed E-state index contributed by atoms with van der Waals surface area (Å²) in [7, 11) is 0. The predicted molar refractivity (Wildman–Crippen MR) is 75.8 cm³/mol. The molecule has 6 heteroatoms. The lowest BCUT2D eigenvalue weighted by Crippen LogP contribution is -2.34. The van der Waals surface area contributed by atoms with E-state index in [-0.39, 0.29) is 11.3 Å². The molecule has 22 heavy (non-hydrogen) atoms. The summed E-state index contributed by atoms with van der Waals surface area (Å²) in [6, 6.07) is 5.80. The van der Waals surface area contributed by atoms with E-state index in [4.69, 9.17) is 9.84 Å². The fourth-order valence-electron chi connectivity index (χ4n) is 1.91. The standard InChI is InChI=1S/C16H12O6/c1-9-8-13(18)14(16(21)22-9)12(17)7-4-10-2-5-11(6-3-10)15(19)20/h2-8,14H,1H3,(H,19,20)/b7-4+/t14-/m1/s1. The van der Waals surface area contributed by atoms with Gasteiger partial charge >= 0.3 is 11.9 Å². The number of cyclic esters (lactones) is 1. The van der Waals surface area contributed by atoms with Crippen LogP contribution in [-0.4, -0.2) is 28.6 Å². The molecule has 1 atom stereocenters. The molecule has 112 valence electrons. The maximum atomic E-state index is 11.9. The number of ether oxygens (including phenoxy) is 1. The maximum absolute atomic E-state index is 11.9. The highest BCUT2D eigenvalue weighted by Gasteiger charge is 2.36. The van der Waals surface area contributed by atoms with E-state index in [9.17, 15) is 19.2 Å². The van der Waals surface area contributed by atoms with Gasteiger partial charge in [-0.05, 0) is 30.7 Å². The molecule has 0 aromatic heterocycles. The van der Waals surface area contributed by atoms with Crippen LogP contribution in [0.2, 0.25) is 0 Å². The van der Waals surface area contributed by atoms with Crippen LogP contribution < -0.4 is 0 Å². The molecular weight excluding hydrogens is 288 g/mol. The number of ketones is 2. The lowest BCUT2D eigenvalue weighted by Gasteiger charge is -2.15. The fourth-order valence-corrected chi connectivity index (χ4v) is 1.91. The molecule has 1 heterocycles. The van der Waals surface area contributed by atoms with Gasteiger partial charge in [0.05, 0.1) is 5.56 Å². The third-order valence-corrected chi connectivity index (χ3v) is 3.01. The van der Waals surface area contributed by atoms with E-state index in [1.807, 2.05) is 0 Å². The van der Waals surface area contributed by atoms with Gasteiger partial charge in [0, 0.05) is 6.08 Å². The summed E-state index contributed by atoms with van der Waals surface area (Å²) in [6.07, 6.45) is 3.62. The molecule has 0 radical (unpaired) electrons. The highest BCUT2D eigenvalue weighted by atomic mass is 16.5. The van der Waals surface area contributed by atoms with Crippen LogP contribution in [0.3, 0.4) is 0 Å². The van der Waals surface area contributed by atoms with Gasteiger partial charge in [-0.25, -0.2) is 4.79 Å². The molecule has 0 bridgehead atoms. The molecule has 1 aliphatic rings. The molecule has 1 aliphatic heterocycles. The summed E-state index contributed by atoms with van der Waals surface area (Å²) in [6.45, 7) is 1.45. The van der Waals surface area contributed by atoms with Gasteiger partial charge in [0.1, 0.15) is 5.76 Å². The average Bonchev–Trinajstić information content (AvgIpc) is 2.44. The quantitative estimate of drug-likeness (QED) is 0.515. The molecule has 0 spiro atoms. The normalized spacial score (nSPS) is 18.0. The van der Waals surface area contributed by atoms with E-state index in [0.29, 0.717) is 5.56 Å². The van der Waals surface area contributed by atoms with Gasteiger partial charge in [0.25, 0.3) is 0 Å². The van der Waals surface area contributed by atoms with E-state index in [1.54, 1.807) is 0 Å². The first-order valence-corrected chi connectivity index (χ1v) is 6.37. The number of carboxylic acids is 1. The molecule has 0 aliphatic carbocycles. The van der Waals surface area contributed by atoms with Crippen LogP contribution in [0.25, 0.3) is 6.08 Å². The first-order chi connectivity index (χ1) is 10.4. The lowest BCUT2D eigenvalue weighted by molar-refractivity contribution is -0.151. The Morgan fingerprint density at radius 2 is 1.82 bits per heavy atom. The molecule has 0 amide bonds. The molecule has 0 saturated heterocycles. The van der Waals surface area contributed by atoms with Crippen LogP contribution in [0.15, 0.2) is 42.2 Å². The van der Waals surface area contributed by atoms with Crippen LogP contribution in [0.5, 0.6) is 0 Å². The molecule has 1 aromatic carbocycles. The van der Waals surface area contributed by atoms with Gasteiger partial charge < -0.3 is 9.84 Å². The summed E-state index contributed by atoms with van der Waals surface area (Å²) >= 11 is 0. The van der Waals surface area contributed by atoms with Crippen LogP contribution in [0.4, 0.5) is 0 Å². The number of carboxylic acid groups (broad SMARTS) is 1. The smallest absolute Gasteiger partial charge is 0.335 e. The van der Waals surface area contributed by atoms with Crippen molar-refractivity contribution in [3.8, 4) is 0 Å². The Bertz CT molecular complexity index is 709. The predicted octanol–water partition coefficient (Wildman–Crippen LogP) is 1.61. The molecule has 1 N–H and O–H groups in total. The minimum Gasteiger partial charge on any atom is -0.478 e. The number of esters is 1. The SMILES string of the molecule is CC1=CC(=O)[C@@H](C(=O)/C=C/c2ccc(C(=O)O)cc2)C(=O)O1. The number of hydrogen-bond donors (Lipinski definition) is 1. The van der Waals surface area contributed by atoms with E-state index in [0.717, 1.165) is 12.2 Å². The van der Waals surface area contributed by atoms with Gasteiger partial charge in [-0.3, -0.25) is 14.4 Å². The molecule has 1 aromatic rings. The number of carbonyl (C=O) groups excluding carboxylic acids is 3. The Labute approximate surface area is 125 Å². The monoisotopic (exact) mass is 300 g/mol. The number of aromatic carboxylic acids is 1. The molecule has 2 rings (SSSR count). The van der Waals surface area contributed by atoms with Crippen molar-refractivity contribution in [2.24, 2.45) is 5.92 Å². The first-order valence-electron chi connectivity index (χ1n) is 6.37. The zero-order chi connectivity index (χ0) is 16.3. The van der Waals surface area contributed by atoms with Crippen LogP contribution in [-0.2, 0) is 19.1 Å². The van der Waals surface area contributed by atoms with Crippen molar-refractivity contribution in [2.45, 2.75) is 6.92 Å². The second kappa shape index (κ2) is 6.17. The van der Waals surface area contributed by atoms with Gasteiger partial charge in [-0.1, -0.05) is 18.2 Å². The summed E-state index contributed by atoms with van der Waals surface area (Å²) in [5.74, 6) is -4.54. The largest absolute Gasteiger partial charge is 0.478 e. The molecule has 6 nitrogen and oxygen atoms in total. The zero-order valence-electron chi connectivity index (χ0n) is 11.6. The van der Waals surface area contributed by atoms with Crippen molar-refractivity contribution in [2.75, 3.05) is 0 Å². The Hall–Kier alpha value is -3.02. The Morgan fingerprint density at radius 1 is 1.18 bits per heavy atom. The second-order valence-electron chi connectivity index (χ2n) is 4.67. The number of hydrogen-bond acceptors (Lipinski definition) is 5. The second-order valence-corrected chi connectivity index (χ2v) is 4.67. The van der Waals surface area contributed by atoms with Crippen LogP contribution >= 0.6 is 0 Å². The minimum absolute atomic E-state index is 0.120. The van der Waals surface area contributed by atoms with Crippen molar-refractivity contribution < 1.29 is 29.0 Å². The Balaban J connectivity index is 2.13. The van der Waals surface area contributed by atoms with Crippen LogP contribution in [0.1, 0.15) is 22.8 Å². The summed E-state index contributed by atoms with van der Waals surface area (Å²) in [5.41, 5.74) is 0.692. The molecule has 0 fully saturated rings. The highest BCUT2D eigenvalue weighted by molar-refractivity contribution is 6.25. The van der Waals surface area contributed by atoms with E-state index in [1.165, 1.54) is 37.3 Å². The summed E-state index contributed by atoms with van der Waals surface area (Å²) in [4.78, 5) is 45.9. The van der Waals surface area contributed by atoms with E-state index in [2.05, 4.69) is 0 Å². The first kappa shape index (κ1) is 15.4. The lowest BCUT2D eigenvalue weighted by atomic mass is 9.96. The summed E-state index contributed by atoms with van der Waals surface area (Å²) in [5, 5.41) is 8.78. The van der Waals surface area contributed by atoms with Crippen molar-refractivity contribution in [1.82, 2.24) is 0 Å². The van der Waals surface area contributed by atoms with Crippen molar-refractivity contribution in [3.05, 3.63) is 53.3 Å². The molecular formula is C16H12O6. The van der Waals surface area contributed by atoms with E-state index >= 15 is 0 Å². The maximum Gasteiger partial charge on any atom is 0.335 e. The molecule has 0 saturated carbocycles. The Kier molecular flexibility index (Phi) is 4.31. The highest BCUT2D eigenvalue weighted by Crippen LogP contribution is 2.16. The minimum atomic E-state index is -1.47. The van der Waals surface area contributed by atoms with Crippen molar-refractivity contribution in [3.63, 3.8) is 0 Å². The molecule has 0 unspecified atom stereocenters. The van der Waals surface area contributed by atoms with Crippen molar-refractivity contribution >= 4 is 29.6 Å².